The molecule has 0 unspecified atom stereocenters. The molecule has 1 N–H and O–H groups in total. The van der Waals surface area contributed by atoms with E-state index in [2.05, 4.69) is 12.2 Å². The molecule has 15 heavy (non-hydrogen) atoms. The summed E-state index contributed by atoms with van der Waals surface area (Å²) in [5.74, 6) is 0. The molecule has 0 radical (unpaired) electrons. The summed E-state index contributed by atoms with van der Waals surface area (Å²) in [6, 6.07) is 3.91. The Bertz CT molecular complexity index is 476. The van der Waals surface area contributed by atoms with Gasteiger partial charge in [-0.25, -0.2) is 0 Å². The maximum Gasteiger partial charge on any atom is 0.152 e. The molecule has 1 heterocycles. The van der Waals surface area contributed by atoms with E-state index in [0.29, 0.717) is 5.02 Å². The predicted molar refractivity (Wildman–Crippen MR) is 63.6 cm³/mol. The Balaban J connectivity index is 2.53. The minimum absolute atomic E-state index is 0.686. The standard InChI is InChI=1S/C12H14ClNO/c1-8-3-4-10(13)12-11(8)9(7-15-12)5-6-14-2/h3-4,7,14H,5-6H2,1-2H3. The molecule has 0 aliphatic rings. The number of aryl methyl sites for hydroxylation is 1. The van der Waals surface area contributed by atoms with Gasteiger partial charge in [-0.05, 0) is 44.1 Å². The molecular formula is C12H14ClNO. The lowest BCUT2D eigenvalue weighted by Gasteiger charge is -2.01. The van der Waals surface area contributed by atoms with E-state index in [4.69, 9.17) is 16.0 Å². The van der Waals surface area contributed by atoms with Crippen LogP contribution in [0.1, 0.15) is 11.1 Å². The largest absolute Gasteiger partial charge is 0.462 e. The molecule has 1 aromatic heterocycles. The molecular weight excluding hydrogens is 210 g/mol. The third kappa shape index (κ3) is 1.87. The van der Waals surface area contributed by atoms with Crippen LogP contribution in [0, 0.1) is 6.92 Å². The normalized spacial score (nSPS) is 11.1. The van der Waals surface area contributed by atoms with E-state index in [9.17, 15) is 0 Å². The Kier molecular flexibility index (Phi) is 2.98. The Morgan fingerprint density at radius 1 is 1.40 bits per heavy atom. The molecule has 0 aliphatic carbocycles. The van der Waals surface area contributed by atoms with E-state index < -0.39 is 0 Å². The minimum atomic E-state index is 0.686. The Morgan fingerprint density at radius 2 is 2.20 bits per heavy atom. The van der Waals surface area contributed by atoms with Gasteiger partial charge in [0.05, 0.1) is 11.3 Å². The molecule has 0 saturated heterocycles. The van der Waals surface area contributed by atoms with Crippen molar-refractivity contribution in [2.24, 2.45) is 0 Å². The second kappa shape index (κ2) is 4.25. The van der Waals surface area contributed by atoms with Gasteiger partial charge in [-0.15, -0.1) is 0 Å². The molecule has 0 amide bonds. The van der Waals surface area contributed by atoms with E-state index >= 15 is 0 Å². The highest BCUT2D eigenvalue weighted by Gasteiger charge is 2.10. The predicted octanol–water partition coefficient (Wildman–Crippen LogP) is 3.16. The fourth-order valence-corrected chi connectivity index (χ4v) is 2.00. The first-order valence-electron chi connectivity index (χ1n) is 5.04. The van der Waals surface area contributed by atoms with Gasteiger partial charge in [0.1, 0.15) is 0 Å². The summed E-state index contributed by atoms with van der Waals surface area (Å²) in [6.07, 6.45) is 2.77. The third-order valence-electron chi connectivity index (χ3n) is 2.60. The number of hydrogen-bond acceptors (Lipinski definition) is 2. The van der Waals surface area contributed by atoms with Gasteiger partial charge in [0.2, 0.25) is 0 Å². The zero-order valence-corrected chi connectivity index (χ0v) is 9.69. The second-order valence-electron chi connectivity index (χ2n) is 3.68. The quantitative estimate of drug-likeness (QED) is 0.865. The molecule has 2 aromatic rings. The fourth-order valence-electron chi connectivity index (χ4n) is 1.80. The summed E-state index contributed by atoms with van der Waals surface area (Å²) in [5, 5.41) is 4.98. The molecule has 0 fully saturated rings. The topological polar surface area (TPSA) is 25.2 Å². The molecule has 0 bridgehead atoms. The lowest BCUT2D eigenvalue weighted by molar-refractivity contribution is 0.609. The van der Waals surface area contributed by atoms with Crippen LogP contribution in [0.4, 0.5) is 0 Å². The van der Waals surface area contributed by atoms with Gasteiger partial charge < -0.3 is 9.73 Å². The first-order chi connectivity index (χ1) is 7.24. The number of benzene rings is 1. The van der Waals surface area contributed by atoms with Crippen molar-refractivity contribution in [3.8, 4) is 0 Å². The minimum Gasteiger partial charge on any atom is -0.462 e. The molecule has 0 spiro atoms. The summed E-state index contributed by atoms with van der Waals surface area (Å²) < 4.78 is 5.50. The van der Waals surface area contributed by atoms with Crippen LogP contribution in [-0.4, -0.2) is 13.6 Å². The van der Waals surface area contributed by atoms with Gasteiger partial charge in [0, 0.05) is 5.39 Å². The lowest BCUT2D eigenvalue weighted by atomic mass is 10.1. The average Bonchev–Trinajstić information content (AvgIpc) is 2.65. The molecule has 2 rings (SSSR count). The van der Waals surface area contributed by atoms with Crippen LogP contribution in [0.5, 0.6) is 0 Å². The van der Waals surface area contributed by atoms with E-state index in [-0.39, 0.29) is 0 Å². The maximum atomic E-state index is 6.07. The second-order valence-corrected chi connectivity index (χ2v) is 4.09. The number of likely N-dealkylation sites (N-methyl/N-ethyl adjacent to an activating group) is 1. The maximum absolute atomic E-state index is 6.07. The van der Waals surface area contributed by atoms with Gasteiger partial charge in [0.25, 0.3) is 0 Å². The Morgan fingerprint density at radius 3 is 2.93 bits per heavy atom. The van der Waals surface area contributed by atoms with Crippen LogP contribution in [0.2, 0.25) is 5.02 Å². The Hall–Kier alpha value is -0.990. The van der Waals surface area contributed by atoms with Crippen molar-refractivity contribution in [2.45, 2.75) is 13.3 Å². The third-order valence-corrected chi connectivity index (χ3v) is 2.90. The van der Waals surface area contributed by atoms with Gasteiger partial charge in [-0.3, -0.25) is 0 Å². The van der Waals surface area contributed by atoms with Gasteiger partial charge in [-0.2, -0.15) is 0 Å². The number of halogens is 1. The average molecular weight is 224 g/mol. The van der Waals surface area contributed by atoms with Gasteiger partial charge >= 0.3 is 0 Å². The first-order valence-corrected chi connectivity index (χ1v) is 5.41. The van der Waals surface area contributed by atoms with E-state index in [1.54, 1.807) is 6.26 Å². The van der Waals surface area contributed by atoms with Crippen molar-refractivity contribution in [1.29, 1.82) is 0 Å². The summed E-state index contributed by atoms with van der Waals surface area (Å²) >= 11 is 6.07. The van der Waals surface area contributed by atoms with Crippen molar-refractivity contribution in [3.05, 3.63) is 34.5 Å². The molecule has 1 aromatic carbocycles. The highest BCUT2D eigenvalue weighted by atomic mass is 35.5. The van der Waals surface area contributed by atoms with Crippen molar-refractivity contribution in [2.75, 3.05) is 13.6 Å². The molecule has 2 nitrogen and oxygen atoms in total. The molecule has 3 heteroatoms. The van der Waals surface area contributed by atoms with Crippen molar-refractivity contribution < 1.29 is 4.42 Å². The summed E-state index contributed by atoms with van der Waals surface area (Å²) in [5.41, 5.74) is 3.25. The van der Waals surface area contributed by atoms with E-state index in [1.807, 2.05) is 19.2 Å². The number of furan rings is 1. The smallest absolute Gasteiger partial charge is 0.152 e. The number of hydrogen-bond donors (Lipinski definition) is 1. The monoisotopic (exact) mass is 223 g/mol. The van der Waals surface area contributed by atoms with Crippen LogP contribution in [0.15, 0.2) is 22.8 Å². The van der Waals surface area contributed by atoms with Crippen LogP contribution in [-0.2, 0) is 6.42 Å². The van der Waals surface area contributed by atoms with Crippen molar-refractivity contribution in [3.63, 3.8) is 0 Å². The molecule has 80 valence electrons. The van der Waals surface area contributed by atoms with Crippen LogP contribution >= 0.6 is 11.6 Å². The SMILES string of the molecule is CNCCc1coc2c(Cl)ccc(C)c12. The van der Waals surface area contributed by atoms with E-state index in [0.717, 1.165) is 23.9 Å². The van der Waals surface area contributed by atoms with Crippen LogP contribution < -0.4 is 5.32 Å². The lowest BCUT2D eigenvalue weighted by Crippen LogP contribution is -2.09. The van der Waals surface area contributed by atoms with Gasteiger partial charge in [0.15, 0.2) is 5.58 Å². The van der Waals surface area contributed by atoms with Crippen LogP contribution in [0.25, 0.3) is 11.0 Å². The number of rotatable bonds is 3. The molecule has 0 aliphatic heterocycles. The Labute approximate surface area is 94.2 Å². The highest BCUT2D eigenvalue weighted by Crippen LogP contribution is 2.30. The van der Waals surface area contributed by atoms with Gasteiger partial charge in [-0.1, -0.05) is 17.7 Å². The highest BCUT2D eigenvalue weighted by molar-refractivity contribution is 6.35. The van der Waals surface area contributed by atoms with E-state index in [1.165, 1.54) is 11.1 Å². The van der Waals surface area contributed by atoms with Crippen molar-refractivity contribution in [1.82, 2.24) is 5.32 Å². The summed E-state index contributed by atoms with van der Waals surface area (Å²) in [7, 11) is 1.95. The molecule has 0 atom stereocenters. The number of fused-ring (bicyclic) bond motifs is 1. The van der Waals surface area contributed by atoms with Crippen molar-refractivity contribution >= 4 is 22.6 Å². The molecule has 0 saturated carbocycles. The number of nitrogens with one attached hydrogen (secondary N) is 1. The zero-order chi connectivity index (χ0) is 10.8. The zero-order valence-electron chi connectivity index (χ0n) is 8.93. The van der Waals surface area contributed by atoms with Crippen LogP contribution in [0.3, 0.4) is 0 Å². The first kappa shape index (κ1) is 10.5. The summed E-state index contributed by atoms with van der Waals surface area (Å²) in [6.45, 7) is 3.03. The fraction of sp³-hybridized carbons (Fsp3) is 0.333. The summed E-state index contributed by atoms with van der Waals surface area (Å²) in [4.78, 5) is 0.